The molecule has 4 rings (SSSR count). The SMILES string of the molecule is C[C@]12CCC3C(C1CCC2CO)[C@H](O)C[C@H]1CC(=O)CC[C@]31C. The van der Waals surface area contributed by atoms with E-state index in [4.69, 9.17) is 0 Å². The summed E-state index contributed by atoms with van der Waals surface area (Å²) in [6.07, 6.45) is 7.68. The van der Waals surface area contributed by atoms with E-state index in [1.807, 2.05) is 0 Å². The molecule has 0 aromatic carbocycles. The number of aliphatic hydroxyl groups is 2. The van der Waals surface area contributed by atoms with Crippen molar-refractivity contribution in [2.45, 2.75) is 71.3 Å². The Balaban J connectivity index is 1.67. The molecule has 4 saturated carbocycles. The number of ketones is 1. The molecule has 130 valence electrons. The average molecular weight is 320 g/mol. The largest absolute Gasteiger partial charge is 0.396 e. The maximum atomic E-state index is 11.9. The molecule has 0 aromatic rings. The first-order chi connectivity index (χ1) is 10.9. The first kappa shape index (κ1) is 16.1. The van der Waals surface area contributed by atoms with E-state index in [1.54, 1.807) is 0 Å². The average Bonchev–Trinajstić information content (AvgIpc) is 2.85. The van der Waals surface area contributed by atoms with Crippen molar-refractivity contribution in [2.75, 3.05) is 6.61 Å². The zero-order chi connectivity index (χ0) is 16.4. The van der Waals surface area contributed by atoms with Gasteiger partial charge in [-0.2, -0.15) is 0 Å². The van der Waals surface area contributed by atoms with Gasteiger partial charge in [0.1, 0.15) is 5.78 Å². The van der Waals surface area contributed by atoms with Crippen LogP contribution in [0.1, 0.15) is 65.2 Å². The fraction of sp³-hybridized carbons (Fsp3) is 0.950. The second-order valence-electron chi connectivity index (χ2n) is 9.54. The van der Waals surface area contributed by atoms with Crippen molar-refractivity contribution in [1.82, 2.24) is 0 Å². The van der Waals surface area contributed by atoms with Crippen LogP contribution in [0.3, 0.4) is 0 Å². The van der Waals surface area contributed by atoms with Crippen molar-refractivity contribution >= 4 is 5.78 Å². The Labute approximate surface area is 139 Å². The number of fused-ring (bicyclic) bond motifs is 5. The maximum absolute atomic E-state index is 11.9. The molecule has 8 atom stereocenters. The van der Waals surface area contributed by atoms with Gasteiger partial charge in [0.05, 0.1) is 6.10 Å². The van der Waals surface area contributed by atoms with Gasteiger partial charge in [-0.05, 0) is 78.9 Å². The van der Waals surface area contributed by atoms with Crippen molar-refractivity contribution in [3.05, 3.63) is 0 Å². The summed E-state index contributed by atoms with van der Waals surface area (Å²) in [6, 6.07) is 0. The second kappa shape index (κ2) is 5.29. The molecule has 4 fully saturated rings. The summed E-state index contributed by atoms with van der Waals surface area (Å²) < 4.78 is 0. The first-order valence-corrected chi connectivity index (χ1v) is 9.71. The summed E-state index contributed by atoms with van der Waals surface area (Å²) in [7, 11) is 0. The van der Waals surface area contributed by atoms with Crippen LogP contribution in [-0.2, 0) is 4.79 Å². The molecule has 0 bridgehead atoms. The third-order valence-corrected chi connectivity index (χ3v) is 8.92. The third kappa shape index (κ3) is 2.12. The van der Waals surface area contributed by atoms with Crippen molar-refractivity contribution in [1.29, 1.82) is 0 Å². The highest BCUT2D eigenvalue weighted by atomic mass is 16.3. The van der Waals surface area contributed by atoms with Crippen LogP contribution in [0.2, 0.25) is 0 Å². The highest BCUT2D eigenvalue weighted by molar-refractivity contribution is 5.79. The van der Waals surface area contributed by atoms with Crippen LogP contribution in [0.4, 0.5) is 0 Å². The number of Topliss-reactive ketones (excluding diaryl/α,β-unsaturated/α-hetero) is 1. The lowest BCUT2D eigenvalue weighted by Crippen LogP contribution is -2.58. The van der Waals surface area contributed by atoms with Crippen molar-refractivity contribution in [3.8, 4) is 0 Å². The summed E-state index contributed by atoms with van der Waals surface area (Å²) in [6.45, 7) is 5.08. The van der Waals surface area contributed by atoms with Gasteiger partial charge in [0.15, 0.2) is 0 Å². The summed E-state index contributed by atoms with van der Waals surface area (Å²) in [5.74, 6) is 2.72. The molecule has 3 nitrogen and oxygen atoms in total. The molecular weight excluding hydrogens is 288 g/mol. The normalized spacial score (nSPS) is 55.9. The van der Waals surface area contributed by atoms with Gasteiger partial charge < -0.3 is 10.2 Å². The Kier molecular flexibility index (Phi) is 3.70. The van der Waals surface area contributed by atoms with Crippen molar-refractivity contribution in [2.24, 2.45) is 40.4 Å². The Morgan fingerprint density at radius 2 is 1.83 bits per heavy atom. The summed E-state index contributed by atoms with van der Waals surface area (Å²) in [4.78, 5) is 11.9. The minimum atomic E-state index is -0.244. The zero-order valence-electron chi connectivity index (χ0n) is 14.6. The van der Waals surface area contributed by atoms with Gasteiger partial charge in [0.2, 0.25) is 0 Å². The van der Waals surface area contributed by atoms with Crippen molar-refractivity contribution in [3.63, 3.8) is 0 Å². The monoisotopic (exact) mass is 320 g/mol. The number of hydrogen-bond acceptors (Lipinski definition) is 3. The van der Waals surface area contributed by atoms with E-state index >= 15 is 0 Å². The lowest BCUT2D eigenvalue weighted by molar-refractivity contribution is -0.168. The Bertz CT molecular complexity index is 503. The van der Waals surface area contributed by atoms with Gasteiger partial charge >= 0.3 is 0 Å². The van der Waals surface area contributed by atoms with E-state index in [1.165, 1.54) is 19.3 Å². The van der Waals surface area contributed by atoms with Crippen LogP contribution < -0.4 is 0 Å². The van der Waals surface area contributed by atoms with E-state index in [9.17, 15) is 15.0 Å². The fourth-order valence-electron chi connectivity index (χ4n) is 7.42. The third-order valence-electron chi connectivity index (χ3n) is 8.92. The molecule has 3 heteroatoms. The van der Waals surface area contributed by atoms with Gasteiger partial charge in [0, 0.05) is 19.4 Å². The van der Waals surface area contributed by atoms with Crippen molar-refractivity contribution < 1.29 is 15.0 Å². The van der Waals surface area contributed by atoms with Crippen LogP contribution in [0.15, 0.2) is 0 Å². The van der Waals surface area contributed by atoms with E-state index in [0.29, 0.717) is 48.4 Å². The van der Waals surface area contributed by atoms with Crippen LogP contribution in [0.5, 0.6) is 0 Å². The second-order valence-corrected chi connectivity index (χ2v) is 9.54. The van der Waals surface area contributed by atoms with Gasteiger partial charge in [-0.25, -0.2) is 0 Å². The van der Waals surface area contributed by atoms with E-state index in [2.05, 4.69) is 13.8 Å². The first-order valence-electron chi connectivity index (χ1n) is 9.71. The maximum Gasteiger partial charge on any atom is 0.133 e. The zero-order valence-corrected chi connectivity index (χ0v) is 14.6. The molecule has 4 aliphatic rings. The summed E-state index contributed by atoms with van der Waals surface area (Å²) in [5, 5.41) is 20.8. The van der Waals surface area contributed by atoms with Gasteiger partial charge in [-0.3, -0.25) is 4.79 Å². The number of carbonyl (C=O) groups is 1. The molecule has 23 heavy (non-hydrogen) atoms. The minimum Gasteiger partial charge on any atom is -0.396 e. The van der Waals surface area contributed by atoms with Crippen LogP contribution in [0.25, 0.3) is 0 Å². The van der Waals surface area contributed by atoms with Crippen LogP contribution in [0, 0.1) is 40.4 Å². The molecule has 0 radical (unpaired) electrons. The topological polar surface area (TPSA) is 57.5 Å². The molecule has 0 spiro atoms. The Hall–Kier alpha value is -0.410. The molecular formula is C20H32O3. The molecule has 4 aliphatic carbocycles. The predicted molar refractivity (Wildman–Crippen MR) is 88.7 cm³/mol. The smallest absolute Gasteiger partial charge is 0.133 e. The van der Waals surface area contributed by atoms with Crippen LogP contribution >= 0.6 is 0 Å². The molecule has 4 unspecified atom stereocenters. The molecule has 0 saturated heterocycles. The predicted octanol–water partition coefficient (Wildman–Crippen LogP) is 3.18. The molecule has 0 heterocycles. The fourth-order valence-corrected chi connectivity index (χ4v) is 7.42. The number of carbonyl (C=O) groups excluding carboxylic acids is 1. The van der Waals surface area contributed by atoms with E-state index in [-0.39, 0.29) is 16.9 Å². The minimum absolute atomic E-state index is 0.213. The molecule has 2 N–H and O–H groups in total. The lowest BCUT2D eigenvalue weighted by Gasteiger charge is -2.61. The van der Waals surface area contributed by atoms with E-state index < -0.39 is 0 Å². The molecule has 0 aromatic heterocycles. The number of aliphatic hydroxyl groups excluding tert-OH is 2. The van der Waals surface area contributed by atoms with Gasteiger partial charge in [-0.1, -0.05) is 13.8 Å². The highest BCUT2D eigenvalue weighted by Crippen LogP contribution is 2.67. The summed E-state index contributed by atoms with van der Waals surface area (Å²) in [5.41, 5.74) is 0.459. The lowest BCUT2D eigenvalue weighted by atomic mass is 9.44. The Morgan fingerprint density at radius 1 is 1.09 bits per heavy atom. The standard InChI is InChI=1S/C20H32O3/c1-19-8-6-16-18(15(19)4-3-12(19)11-21)17(23)10-13-9-14(22)5-7-20(13,16)2/h12-13,15-18,21,23H,3-11H2,1-2H3/t12?,13-,15?,16?,17-,18?,19-,20+/m1/s1. The Morgan fingerprint density at radius 3 is 2.57 bits per heavy atom. The van der Waals surface area contributed by atoms with Crippen LogP contribution in [-0.4, -0.2) is 28.7 Å². The number of rotatable bonds is 1. The quantitative estimate of drug-likeness (QED) is 0.780. The number of hydrogen-bond donors (Lipinski definition) is 2. The molecule has 0 aliphatic heterocycles. The highest BCUT2D eigenvalue weighted by Gasteiger charge is 2.62. The molecule has 0 amide bonds. The summed E-state index contributed by atoms with van der Waals surface area (Å²) >= 11 is 0. The van der Waals surface area contributed by atoms with Gasteiger partial charge in [-0.15, -0.1) is 0 Å². The van der Waals surface area contributed by atoms with Gasteiger partial charge in [0.25, 0.3) is 0 Å². The van der Waals surface area contributed by atoms with E-state index in [0.717, 1.165) is 25.7 Å².